The molecule has 0 unspecified atom stereocenters. The van der Waals surface area contributed by atoms with Crippen molar-refractivity contribution in [1.29, 1.82) is 0 Å². The maximum Gasteiger partial charge on any atom is 0.311 e. The fourth-order valence-electron chi connectivity index (χ4n) is 4.77. The zero-order chi connectivity index (χ0) is 14.8. The summed E-state index contributed by atoms with van der Waals surface area (Å²) in [7, 11) is 0. The molecule has 5 rings (SSSR count). The lowest BCUT2D eigenvalue weighted by Gasteiger charge is -2.58. The van der Waals surface area contributed by atoms with Gasteiger partial charge in [0.2, 0.25) is 12.1 Å². The van der Waals surface area contributed by atoms with E-state index in [1.54, 1.807) is 0 Å². The van der Waals surface area contributed by atoms with Crippen molar-refractivity contribution in [3.63, 3.8) is 0 Å². The number of hydrogen-bond donors (Lipinski definition) is 0. The monoisotopic (exact) mass is 316 g/mol. The quantitative estimate of drug-likeness (QED) is 0.423. The van der Waals surface area contributed by atoms with Gasteiger partial charge in [-0.15, -0.1) is 11.6 Å². The van der Waals surface area contributed by atoms with E-state index in [0.29, 0.717) is 11.8 Å². The third-order valence-corrected chi connectivity index (χ3v) is 6.37. The average Bonchev–Trinajstić information content (AvgIpc) is 2.69. The summed E-state index contributed by atoms with van der Waals surface area (Å²) in [5, 5.41) is 0. The van der Waals surface area contributed by atoms with Gasteiger partial charge in [0.25, 0.3) is 0 Å². The molecule has 2 bridgehead atoms. The second-order valence-electron chi connectivity index (χ2n) is 7.07. The Bertz CT molecular complexity index is 467. The molecule has 1 aliphatic carbocycles. The summed E-state index contributed by atoms with van der Waals surface area (Å²) in [6.45, 7) is 3.76. The van der Waals surface area contributed by atoms with Gasteiger partial charge in [-0.2, -0.15) is 0 Å². The predicted octanol–water partition coefficient (Wildman–Crippen LogP) is 2.61. The van der Waals surface area contributed by atoms with Crippen molar-refractivity contribution in [2.45, 2.75) is 57.2 Å². The van der Waals surface area contributed by atoms with Crippen LogP contribution < -0.4 is 0 Å². The Hall–Kier alpha value is -0.360. The molecule has 1 spiro atoms. The highest BCUT2D eigenvalue weighted by molar-refractivity contribution is 6.18. The van der Waals surface area contributed by atoms with Crippen LogP contribution in [0, 0.1) is 23.7 Å². The van der Waals surface area contributed by atoms with Crippen LogP contribution in [0.25, 0.3) is 0 Å². The minimum Gasteiger partial charge on any atom is -0.432 e. The van der Waals surface area contributed by atoms with E-state index < -0.39 is 17.7 Å². The van der Waals surface area contributed by atoms with E-state index in [-0.39, 0.29) is 23.7 Å². The number of fused-ring (bicyclic) bond motifs is 2. The summed E-state index contributed by atoms with van der Waals surface area (Å²) in [5.41, 5.74) is -0.693. The van der Waals surface area contributed by atoms with Crippen molar-refractivity contribution < 1.29 is 24.0 Å². The van der Waals surface area contributed by atoms with Gasteiger partial charge in [-0.3, -0.25) is 4.79 Å². The summed E-state index contributed by atoms with van der Waals surface area (Å²) >= 11 is 6.20. The number of hydrogen-bond acceptors (Lipinski definition) is 5. The molecule has 5 aliphatic rings. The minimum absolute atomic E-state index is 0.0656. The smallest absolute Gasteiger partial charge is 0.311 e. The zero-order valence-electron chi connectivity index (χ0n) is 12.3. The first-order valence-corrected chi connectivity index (χ1v) is 8.35. The number of rotatable bonds is 1. The van der Waals surface area contributed by atoms with Crippen LogP contribution in [-0.2, 0) is 24.0 Å². The molecule has 0 aromatic carbocycles. The lowest BCUT2D eigenvalue weighted by Crippen LogP contribution is -2.70. The maximum atomic E-state index is 12.2. The molecule has 0 amide bonds. The minimum atomic E-state index is -0.838. The second-order valence-corrected chi connectivity index (χ2v) is 7.38. The third-order valence-electron chi connectivity index (χ3n) is 5.97. The summed E-state index contributed by atoms with van der Waals surface area (Å²) in [5.74, 6) is -0.0197. The van der Waals surface area contributed by atoms with E-state index >= 15 is 0 Å². The number of carbonyl (C=O) groups excluding carboxylic acids is 1. The van der Waals surface area contributed by atoms with Gasteiger partial charge in [-0.1, -0.05) is 6.92 Å². The van der Waals surface area contributed by atoms with E-state index in [1.807, 2.05) is 13.8 Å². The molecule has 5 fully saturated rings. The molecule has 0 aromatic heterocycles. The van der Waals surface area contributed by atoms with Gasteiger partial charge in [-0.05, 0) is 32.1 Å². The van der Waals surface area contributed by atoms with E-state index in [1.165, 1.54) is 0 Å². The van der Waals surface area contributed by atoms with E-state index in [0.717, 1.165) is 25.7 Å². The van der Waals surface area contributed by atoms with Gasteiger partial charge in [0.05, 0.1) is 5.92 Å². The molecule has 0 aromatic rings. The number of alkyl halides is 1. The molecular weight excluding hydrogens is 296 g/mol. The third kappa shape index (κ3) is 1.78. The molecule has 6 heteroatoms. The Balaban J connectivity index is 1.82. The summed E-state index contributed by atoms with van der Waals surface area (Å²) < 4.78 is 11.6. The molecule has 118 valence electrons. The second kappa shape index (κ2) is 4.57. The van der Waals surface area contributed by atoms with Crippen LogP contribution in [0.5, 0.6) is 0 Å². The topological polar surface area (TPSA) is 54.0 Å². The number of esters is 1. The molecule has 21 heavy (non-hydrogen) atoms. The van der Waals surface area contributed by atoms with Crippen LogP contribution >= 0.6 is 11.6 Å². The largest absolute Gasteiger partial charge is 0.432 e. The summed E-state index contributed by atoms with van der Waals surface area (Å²) in [6.07, 6.45) is 2.88. The molecule has 0 N–H and O–H groups in total. The highest BCUT2D eigenvalue weighted by atomic mass is 35.5. The Morgan fingerprint density at radius 3 is 2.81 bits per heavy atom. The molecular formula is C15H21ClO5. The molecule has 7 atom stereocenters. The van der Waals surface area contributed by atoms with Crippen LogP contribution in [0.4, 0.5) is 0 Å². The Kier molecular flexibility index (Phi) is 3.10. The first-order valence-electron chi connectivity index (χ1n) is 7.81. The Morgan fingerprint density at radius 2 is 2.05 bits per heavy atom. The van der Waals surface area contributed by atoms with Gasteiger partial charge < -0.3 is 9.47 Å². The zero-order valence-corrected chi connectivity index (χ0v) is 13.1. The molecule has 4 saturated heterocycles. The first kappa shape index (κ1) is 14.2. The van der Waals surface area contributed by atoms with Crippen molar-refractivity contribution in [3.05, 3.63) is 0 Å². The van der Waals surface area contributed by atoms with Gasteiger partial charge >= 0.3 is 5.97 Å². The lowest BCUT2D eigenvalue weighted by atomic mass is 9.58. The molecule has 1 saturated carbocycles. The SMILES string of the molecule is C[C@H]1C(=O)O[C@@H]2O[C@@]3(C)CC[C@H]4[C@H](CCl)CC[C@@H]1[C@@]24OO3. The van der Waals surface area contributed by atoms with Crippen molar-refractivity contribution in [3.8, 4) is 0 Å². The van der Waals surface area contributed by atoms with Crippen LogP contribution in [0.1, 0.15) is 39.5 Å². The number of ether oxygens (including phenoxy) is 2. The van der Waals surface area contributed by atoms with E-state index in [9.17, 15) is 4.79 Å². The lowest BCUT2D eigenvalue weighted by molar-refractivity contribution is -0.559. The predicted molar refractivity (Wildman–Crippen MR) is 73.1 cm³/mol. The van der Waals surface area contributed by atoms with E-state index in [4.69, 9.17) is 30.8 Å². The van der Waals surface area contributed by atoms with Crippen LogP contribution in [0.2, 0.25) is 0 Å². The standard InChI is InChI=1S/C15H21ClO5/c1-8-10-4-3-9(7-16)11-5-6-14(2)19-13(18-12(8)17)15(10,11)21-20-14/h8-11,13H,3-7H2,1-2H3/t8-,9+,10+,11+,13-,14-,15+/m1/s1. The fraction of sp³-hybridized carbons (Fsp3) is 0.933. The molecule has 4 heterocycles. The Labute approximate surface area is 129 Å². The molecule has 5 nitrogen and oxygen atoms in total. The normalized spacial score (nSPS) is 55.6. The highest BCUT2D eigenvalue weighted by Crippen LogP contribution is 2.59. The number of carbonyl (C=O) groups is 1. The maximum absolute atomic E-state index is 12.2. The summed E-state index contributed by atoms with van der Waals surface area (Å²) in [4.78, 5) is 23.7. The van der Waals surface area contributed by atoms with Gasteiger partial charge in [0.15, 0.2) is 5.60 Å². The fourth-order valence-corrected chi connectivity index (χ4v) is 5.14. The van der Waals surface area contributed by atoms with E-state index in [2.05, 4.69) is 0 Å². The first-order chi connectivity index (χ1) is 10.00. The van der Waals surface area contributed by atoms with Crippen molar-refractivity contribution in [1.82, 2.24) is 0 Å². The van der Waals surface area contributed by atoms with Crippen molar-refractivity contribution in [2.75, 3.05) is 5.88 Å². The average molecular weight is 317 g/mol. The van der Waals surface area contributed by atoms with Gasteiger partial charge in [0.1, 0.15) is 0 Å². The van der Waals surface area contributed by atoms with Crippen LogP contribution in [0.3, 0.4) is 0 Å². The highest BCUT2D eigenvalue weighted by Gasteiger charge is 2.70. The Morgan fingerprint density at radius 1 is 1.24 bits per heavy atom. The summed E-state index contributed by atoms with van der Waals surface area (Å²) in [6, 6.07) is 0. The van der Waals surface area contributed by atoms with Crippen LogP contribution in [0.15, 0.2) is 0 Å². The van der Waals surface area contributed by atoms with Crippen molar-refractivity contribution >= 4 is 17.6 Å². The molecule has 4 aliphatic heterocycles. The number of halogens is 1. The van der Waals surface area contributed by atoms with Crippen LogP contribution in [-0.4, -0.2) is 29.5 Å². The van der Waals surface area contributed by atoms with Gasteiger partial charge in [-0.25, -0.2) is 9.78 Å². The van der Waals surface area contributed by atoms with Gasteiger partial charge in [0, 0.05) is 24.1 Å². The van der Waals surface area contributed by atoms with Crippen molar-refractivity contribution in [2.24, 2.45) is 23.7 Å². The molecule has 0 radical (unpaired) electrons.